The molecule has 0 saturated carbocycles. The summed E-state index contributed by atoms with van der Waals surface area (Å²) in [7, 11) is 0. The lowest BCUT2D eigenvalue weighted by atomic mass is 9.82. The molecule has 0 heterocycles. The van der Waals surface area contributed by atoms with Gasteiger partial charge in [0.1, 0.15) is 0 Å². The van der Waals surface area contributed by atoms with Crippen molar-refractivity contribution in [3.05, 3.63) is 53.1 Å². The topological polar surface area (TPSA) is 71.4 Å². The molecular weight excluding hydrogens is 366 g/mol. The molecule has 1 aromatic carbocycles. The third-order valence-electron chi connectivity index (χ3n) is 5.77. The number of allylic oxidation sites excluding steroid dienone is 6. The second-order valence-electron chi connectivity index (χ2n) is 7.62. The van der Waals surface area contributed by atoms with E-state index in [0.29, 0.717) is 5.92 Å². The first kappa shape index (κ1) is 24.9. The summed E-state index contributed by atoms with van der Waals surface area (Å²) in [5.41, 5.74) is 5.89. The molecule has 0 spiro atoms. The highest BCUT2D eigenvalue weighted by molar-refractivity contribution is 5.80. The third-order valence-corrected chi connectivity index (χ3v) is 5.77. The van der Waals surface area contributed by atoms with Crippen LogP contribution in [-0.2, 0) is 0 Å². The van der Waals surface area contributed by atoms with Crippen molar-refractivity contribution in [3.63, 3.8) is 0 Å². The maximum Gasteiger partial charge on any atom is 0.0915 e. The van der Waals surface area contributed by atoms with Crippen molar-refractivity contribution in [1.29, 1.82) is 15.8 Å². The molecule has 0 bridgehead atoms. The summed E-state index contributed by atoms with van der Waals surface area (Å²) in [5.74, 6) is 0.587. The van der Waals surface area contributed by atoms with Crippen LogP contribution in [0.15, 0.2) is 36.4 Å². The van der Waals surface area contributed by atoms with Gasteiger partial charge in [-0.2, -0.15) is 15.8 Å². The van der Waals surface area contributed by atoms with Crippen LogP contribution in [-0.4, -0.2) is 0 Å². The molecule has 156 valence electrons. The average molecular weight is 400 g/mol. The average Bonchev–Trinajstić information content (AvgIpc) is 2.76. The maximum absolute atomic E-state index is 9.47. The van der Waals surface area contributed by atoms with Crippen LogP contribution in [0, 0.1) is 45.8 Å². The molecule has 0 aliphatic heterocycles. The molecule has 0 radical (unpaired) electrons. The van der Waals surface area contributed by atoms with Crippen molar-refractivity contribution in [2.75, 3.05) is 0 Å². The summed E-state index contributed by atoms with van der Waals surface area (Å²) in [6.07, 6.45) is 9.79. The molecule has 1 aromatic rings. The Morgan fingerprint density at radius 2 is 1.17 bits per heavy atom. The molecule has 0 amide bonds. The van der Waals surface area contributed by atoms with Gasteiger partial charge in [0, 0.05) is 18.2 Å². The Balaban J connectivity index is 3.84. The van der Waals surface area contributed by atoms with E-state index in [1.165, 1.54) is 0 Å². The minimum atomic E-state index is 0.286. The second-order valence-corrected chi connectivity index (χ2v) is 7.62. The zero-order valence-corrected chi connectivity index (χ0v) is 19.0. The minimum Gasteiger partial charge on any atom is -0.193 e. The number of rotatable bonds is 10. The Labute approximate surface area is 182 Å². The number of hydrogen-bond donors (Lipinski definition) is 0. The zero-order valence-electron chi connectivity index (χ0n) is 19.0. The van der Waals surface area contributed by atoms with Crippen molar-refractivity contribution in [2.45, 2.75) is 66.7 Å². The molecule has 3 nitrogen and oxygen atoms in total. The summed E-state index contributed by atoms with van der Waals surface area (Å²) in [6.45, 7) is 10.5. The van der Waals surface area contributed by atoms with Gasteiger partial charge < -0.3 is 0 Å². The van der Waals surface area contributed by atoms with Gasteiger partial charge in [0.15, 0.2) is 0 Å². The van der Waals surface area contributed by atoms with Crippen LogP contribution < -0.4 is 0 Å². The number of nitrogens with zero attached hydrogens (tertiary/aromatic N) is 3. The first-order valence-corrected chi connectivity index (χ1v) is 10.9. The van der Waals surface area contributed by atoms with E-state index < -0.39 is 0 Å². The molecule has 1 rings (SSSR count). The predicted molar refractivity (Wildman–Crippen MR) is 126 cm³/mol. The monoisotopic (exact) mass is 399 g/mol. The van der Waals surface area contributed by atoms with Crippen LogP contribution in [0.3, 0.4) is 0 Å². The van der Waals surface area contributed by atoms with Crippen LogP contribution >= 0.6 is 0 Å². The van der Waals surface area contributed by atoms with Crippen molar-refractivity contribution < 1.29 is 0 Å². The van der Waals surface area contributed by atoms with Gasteiger partial charge in [-0.1, -0.05) is 34.1 Å². The number of nitriles is 3. The first-order valence-electron chi connectivity index (χ1n) is 10.9. The molecule has 0 aromatic heterocycles. The summed E-state index contributed by atoms with van der Waals surface area (Å²) < 4.78 is 0. The van der Waals surface area contributed by atoms with Gasteiger partial charge in [-0.25, -0.2) is 0 Å². The molecule has 0 N–H and O–H groups in total. The molecular formula is C27H33N3. The third kappa shape index (κ3) is 6.47. The van der Waals surface area contributed by atoms with Crippen LogP contribution in [0.2, 0.25) is 0 Å². The van der Waals surface area contributed by atoms with Crippen molar-refractivity contribution in [1.82, 2.24) is 0 Å². The molecule has 1 unspecified atom stereocenters. The lowest BCUT2D eigenvalue weighted by molar-refractivity contribution is 0.578. The van der Waals surface area contributed by atoms with E-state index in [-0.39, 0.29) is 5.92 Å². The SMILES string of the molecule is CCCC(CC)/C(=C\C#N)c1cc(/C(C)=C/C#N)cc(/C(=C/C#N)C(CC)CC)c1. The molecule has 0 aliphatic carbocycles. The molecule has 0 fully saturated rings. The van der Waals surface area contributed by atoms with E-state index in [1.807, 2.05) is 6.92 Å². The Kier molecular flexibility index (Phi) is 11.0. The van der Waals surface area contributed by atoms with Crippen molar-refractivity contribution in [2.24, 2.45) is 11.8 Å². The van der Waals surface area contributed by atoms with E-state index in [9.17, 15) is 10.5 Å². The number of hydrogen-bond acceptors (Lipinski definition) is 3. The smallest absolute Gasteiger partial charge is 0.0915 e. The van der Waals surface area contributed by atoms with E-state index in [2.05, 4.69) is 64.1 Å². The van der Waals surface area contributed by atoms with Crippen LogP contribution in [0.25, 0.3) is 16.7 Å². The van der Waals surface area contributed by atoms with E-state index in [4.69, 9.17) is 5.26 Å². The van der Waals surface area contributed by atoms with Gasteiger partial charge >= 0.3 is 0 Å². The molecule has 0 aliphatic rings. The van der Waals surface area contributed by atoms with Gasteiger partial charge in [0.2, 0.25) is 0 Å². The summed E-state index contributed by atoms with van der Waals surface area (Å²) in [4.78, 5) is 0. The van der Waals surface area contributed by atoms with Gasteiger partial charge in [0.25, 0.3) is 0 Å². The molecule has 30 heavy (non-hydrogen) atoms. The van der Waals surface area contributed by atoms with Crippen molar-refractivity contribution >= 4 is 16.7 Å². The van der Waals surface area contributed by atoms with E-state index in [1.54, 1.807) is 18.2 Å². The molecule has 1 atom stereocenters. The Morgan fingerprint density at radius 1 is 0.733 bits per heavy atom. The van der Waals surface area contributed by atoms with Gasteiger partial charge in [0.05, 0.1) is 18.2 Å². The fraction of sp³-hybridized carbons (Fsp3) is 0.444. The Morgan fingerprint density at radius 3 is 1.57 bits per heavy atom. The highest BCUT2D eigenvalue weighted by atomic mass is 14.3. The van der Waals surface area contributed by atoms with Crippen LogP contribution in [0.4, 0.5) is 0 Å². The summed E-state index contributed by atoms with van der Waals surface area (Å²) in [6, 6.07) is 12.8. The van der Waals surface area contributed by atoms with Gasteiger partial charge in [-0.15, -0.1) is 0 Å². The summed E-state index contributed by atoms with van der Waals surface area (Å²) >= 11 is 0. The quantitative estimate of drug-likeness (QED) is 0.378. The standard InChI is InChI=1S/C27H33N3/c1-6-10-22(9-4)27(13-16-30)25-18-23(20(5)11-14-28)17-24(19-25)26(12-15-29)21(7-2)8-3/h11-13,17-19,21-22H,6-10H2,1-5H3/b20-11+,26-12+,27-13+. The maximum atomic E-state index is 9.47. The Hall–Kier alpha value is -3.09. The first-order chi connectivity index (χ1) is 14.5. The zero-order chi connectivity index (χ0) is 22.5. The predicted octanol–water partition coefficient (Wildman–Crippen LogP) is 7.69. The lowest BCUT2D eigenvalue weighted by Crippen LogP contribution is -2.06. The number of benzene rings is 1. The Bertz CT molecular complexity index is 922. The molecule has 0 saturated heterocycles. The van der Waals surface area contributed by atoms with Crippen LogP contribution in [0.1, 0.15) is 83.4 Å². The molecule has 3 heteroatoms. The highest BCUT2D eigenvalue weighted by Gasteiger charge is 2.19. The minimum absolute atomic E-state index is 0.286. The fourth-order valence-electron chi connectivity index (χ4n) is 4.04. The summed E-state index contributed by atoms with van der Waals surface area (Å²) in [5, 5.41) is 28.0. The van der Waals surface area contributed by atoms with E-state index >= 15 is 0 Å². The van der Waals surface area contributed by atoms with Crippen molar-refractivity contribution in [3.8, 4) is 18.2 Å². The van der Waals surface area contributed by atoms with Crippen LogP contribution in [0.5, 0.6) is 0 Å². The van der Waals surface area contributed by atoms with Gasteiger partial charge in [-0.3, -0.25) is 0 Å². The highest BCUT2D eigenvalue weighted by Crippen LogP contribution is 2.36. The second kappa shape index (κ2) is 13.2. The van der Waals surface area contributed by atoms with E-state index in [0.717, 1.165) is 65.5 Å². The van der Waals surface area contributed by atoms with Gasteiger partial charge in [-0.05, 0) is 96.1 Å². The lowest BCUT2D eigenvalue weighted by Gasteiger charge is -2.22. The largest absolute Gasteiger partial charge is 0.193 e. The normalized spacial score (nSPS) is 13.5. The fourth-order valence-corrected chi connectivity index (χ4v) is 4.04.